The average Bonchev–Trinajstić information content (AvgIpc) is 3.01. The highest BCUT2D eigenvalue weighted by atomic mass is 16.5. The molecule has 2 amide bonds. The molecule has 0 aliphatic carbocycles. The maximum Gasteiger partial charge on any atom is 0.266 e. The predicted molar refractivity (Wildman–Crippen MR) is 74.1 cm³/mol. The number of carbonyl (C=O) groups excluding carboxylic acids is 2. The number of hydrogen-bond acceptors (Lipinski definition) is 5. The number of fused-ring (bicyclic) bond motifs is 1. The summed E-state index contributed by atoms with van der Waals surface area (Å²) < 4.78 is 10.7. The summed E-state index contributed by atoms with van der Waals surface area (Å²) in [5.41, 5.74) is 0. The van der Waals surface area contributed by atoms with Gasteiger partial charge in [-0.1, -0.05) is 0 Å². The van der Waals surface area contributed by atoms with E-state index in [1.807, 2.05) is 0 Å². The molecule has 0 radical (unpaired) electrons. The van der Waals surface area contributed by atoms with Crippen LogP contribution in [0.3, 0.4) is 0 Å². The van der Waals surface area contributed by atoms with Gasteiger partial charge in [0.15, 0.2) is 18.2 Å². The number of rotatable bonds is 4. The Morgan fingerprint density at radius 1 is 1.52 bits per heavy atom. The molecule has 112 valence electrons. The van der Waals surface area contributed by atoms with Gasteiger partial charge in [0.2, 0.25) is 5.91 Å². The van der Waals surface area contributed by atoms with Crippen LogP contribution in [0.25, 0.3) is 0 Å². The van der Waals surface area contributed by atoms with E-state index in [0.29, 0.717) is 18.1 Å². The molecule has 0 saturated carbocycles. The second-order valence-corrected chi connectivity index (χ2v) is 5.03. The molecular formula is C14H17N3O4. The number of nitrogens with one attached hydrogen (secondary N) is 1. The normalized spacial score (nSPS) is 20.9. The fraction of sp³-hybridized carbons (Fsp3) is 0.500. The Bertz CT molecular complexity index is 543. The van der Waals surface area contributed by atoms with Crippen LogP contribution in [0.1, 0.15) is 12.8 Å². The third-order valence-corrected chi connectivity index (χ3v) is 3.51. The molecule has 0 bridgehead atoms. The number of hydrogen-bond donors (Lipinski definition) is 1. The van der Waals surface area contributed by atoms with Crippen LogP contribution in [0.5, 0.6) is 5.75 Å². The third-order valence-electron chi connectivity index (χ3n) is 3.51. The fourth-order valence-electron chi connectivity index (χ4n) is 2.43. The second-order valence-electron chi connectivity index (χ2n) is 5.03. The molecule has 1 N–H and O–H groups in total. The minimum Gasteiger partial charge on any atom is -0.480 e. The molecule has 1 saturated heterocycles. The molecule has 1 aromatic heterocycles. The molecule has 1 unspecified atom stereocenters. The topological polar surface area (TPSA) is 80.8 Å². The first-order valence-electron chi connectivity index (χ1n) is 7.00. The van der Waals surface area contributed by atoms with E-state index in [9.17, 15) is 9.59 Å². The van der Waals surface area contributed by atoms with E-state index in [4.69, 9.17) is 9.47 Å². The number of pyridine rings is 1. The molecule has 1 fully saturated rings. The number of anilines is 1. The Kier molecular flexibility index (Phi) is 4.01. The van der Waals surface area contributed by atoms with Crippen molar-refractivity contribution >= 4 is 17.6 Å². The first-order valence-corrected chi connectivity index (χ1v) is 7.00. The van der Waals surface area contributed by atoms with Crippen LogP contribution in [-0.2, 0) is 14.3 Å². The summed E-state index contributed by atoms with van der Waals surface area (Å²) in [7, 11) is 0. The maximum absolute atomic E-state index is 12.0. The Balaban J connectivity index is 1.60. The highest BCUT2D eigenvalue weighted by Gasteiger charge is 2.28. The van der Waals surface area contributed by atoms with Crippen molar-refractivity contribution in [2.24, 2.45) is 0 Å². The van der Waals surface area contributed by atoms with Crippen LogP contribution in [0, 0.1) is 0 Å². The smallest absolute Gasteiger partial charge is 0.266 e. The minimum absolute atomic E-state index is 0.0566. The summed E-state index contributed by atoms with van der Waals surface area (Å²) in [4.78, 5) is 29.4. The van der Waals surface area contributed by atoms with Crippen LogP contribution in [0.15, 0.2) is 18.3 Å². The van der Waals surface area contributed by atoms with Crippen molar-refractivity contribution in [1.29, 1.82) is 0 Å². The molecule has 21 heavy (non-hydrogen) atoms. The van der Waals surface area contributed by atoms with Gasteiger partial charge < -0.3 is 14.8 Å². The van der Waals surface area contributed by atoms with Gasteiger partial charge in [-0.3, -0.25) is 14.5 Å². The summed E-state index contributed by atoms with van der Waals surface area (Å²) in [5.74, 6) is 0.413. The standard InChI is InChI=1S/C14H17N3O4/c18-12(16-7-10-3-2-6-20-10)8-17-13(19)9-21-11-4-1-5-15-14(11)17/h1,4-5,10H,2-3,6-9H2,(H,16,18). The van der Waals surface area contributed by atoms with E-state index in [1.54, 1.807) is 18.3 Å². The van der Waals surface area contributed by atoms with Crippen molar-refractivity contribution in [2.75, 3.05) is 31.2 Å². The zero-order chi connectivity index (χ0) is 14.7. The molecule has 2 aliphatic rings. The van der Waals surface area contributed by atoms with E-state index in [-0.39, 0.29) is 31.1 Å². The monoisotopic (exact) mass is 291 g/mol. The summed E-state index contributed by atoms with van der Waals surface area (Å²) in [6.07, 6.45) is 3.64. The van der Waals surface area contributed by atoms with Crippen molar-refractivity contribution in [3.05, 3.63) is 18.3 Å². The van der Waals surface area contributed by atoms with Crippen molar-refractivity contribution in [3.8, 4) is 5.75 Å². The molecule has 2 aliphatic heterocycles. The zero-order valence-electron chi connectivity index (χ0n) is 11.6. The van der Waals surface area contributed by atoms with Gasteiger partial charge in [-0.2, -0.15) is 0 Å². The lowest BCUT2D eigenvalue weighted by Crippen LogP contribution is -2.46. The minimum atomic E-state index is -0.270. The van der Waals surface area contributed by atoms with E-state index >= 15 is 0 Å². The predicted octanol–water partition coefficient (Wildman–Crippen LogP) is 0.102. The second kappa shape index (κ2) is 6.09. The molecular weight excluding hydrogens is 274 g/mol. The largest absolute Gasteiger partial charge is 0.480 e. The molecule has 0 aromatic carbocycles. The number of ether oxygens (including phenoxy) is 2. The van der Waals surface area contributed by atoms with Gasteiger partial charge in [0, 0.05) is 19.3 Å². The Labute approximate surface area is 122 Å². The van der Waals surface area contributed by atoms with Crippen molar-refractivity contribution in [2.45, 2.75) is 18.9 Å². The van der Waals surface area contributed by atoms with Crippen LogP contribution >= 0.6 is 0 Å². The molecule has 3 heterocycles. The summed E-state index contributed by atoms with van der Waals surface area (Å²) >= 11 is 0. The van der Waals surface area contributed by atoms with Gasteiger partial charge in [0.25, 0.3) is 5.91 Å². The molecule has 0 spiro atoms. The average molecular weight is 291 g/mol. The van der Waals surface area contributed by atoms with Crippen molar-refractivity contribution in [3.63, 3.8) is 0 Å². The highest BCUT2D eigenvalue weighted by molar-refractivity contribution is 6.01. The Hall–Kier alpha value is -2.15. The fourth-order valence-corrected chi connectivity index (χ4v) is 2.43. The van der Waals surface area contributed by atoms with E-state index < -0.39 is 0 Å². The summed E-state index contributed by atoms with van der Waals surface area (Å²) in [6.45, 7) is 1.10. The summed E-state index contributed by atoms with van der Waals surface area (Å²) in [5, 5.41) is 2.80. The first-order chi connectivity index (χ1) is 10.2. The van der Waals surface area contributed by atoms with Gasteiger partial charge in [-0.25, -0.2) is 4.98 Å². The van der Waals surface area contributed by atoms with Gasteiger partial charge in [-0.05, 0) is 25.0 Å². The molecule has 1 aromatic rings. The van der Waals surface area contributed by atoms with Crippen LogP contribution in [0.2, 0.25) is 0 Å². The third kappa shape index (κ3) is 3.13. The van der Waals surface area contributed by atoms with Gasteiger partial charge >= 0.3 is 0 Å². The van der Waals surface area contributed by atoms with E-state index in [1.165, 1.54) is 4.90 Å². The SMILES string of the molecule is O=C(CN1C(=O)COc2cccnc21)NCC1CCCO1. The van der Waals surface area contributed by atoms with Gasteiger partial charge in [0.1, 0.15) is 6.54 Å². The van der Waals surface area contributed by atoms with Crippen LogP contribution in [0.4, 0.5) is 5.82 Å². The van der Waals surface area contributed by atoms with Gasteiger partial charge in [0.05, 0.1) is 6.10 Å². The number of amides is 2. The Morgan fingerprint density at radius 2 is 2.43 bits per heavy atom. The number of nitrogens with zero attached hydrogens (tertiary/aromatic N) is 2. The van der Waals surface area contributed by atoms with Crippen molar-refractivity contribution in [1.82, 2.24) is 10.3 Å². The lowest BCUT2D eigenvalue weighted by molar-refractivity contribution is -0.125. The number of carbonyl (C=O) groups is 2. The van der Waals surface area contributed by atoms with E-state index in [0.717, 1.165) is 19.4 Å². The molecule has 7 nitrogen and oxygen atoms in total. The lowest BCUT2D eigenvalue weighted by Gasteiger charge is -2.27. The Morgan fingerprint density at radius 3 is 3.24 bits per heavy atom. The quantitative estimate of drug-likeness (QED) is 0.851. The maximum atomic E-state index is 12.0. The molecule has 1 atom stereocenters. The summed E-state index contributed by atoms with van der Waals surface area (Å²) in [6, 6.07) is 3.45. The van der Waals surface area contributed by atoms with Crippen LogP contribution < -0.4 is 15.0 Å². The molecule has 7 heteroatoms. The lowest BCUT2D eigenvalue weighted by atomic mass is 10.2. The van der Waals surface area contributed by atoms with Crippen molar-refractivity contribution < 1.29 is 19.1 Å². The zero-order valence-corrected chi connectivity index (χ0v) is 11.6. The molecule has 3 rings (SSSR count). The van der Waals surface area contributed by atoms with Crippen LogP contribution in [-0.4, -0.2) is 49.2 Å². The van der Waals surface area contributed by atoms with Gasteiger partial charge in [-0.15, -0.1) is 0 Å². The number of aromatic nitrogens is 1. The highest BCUT2D eigenvalue weighted by Crippen LogP contribution is 2.28. The first kappa shape index (κ1) is 13.8. The van der Waals surface area contributed by atoms with E-state index in [2.05, 4.69) is 10.3 Å².